The Labute approximate surface area is 290 Å². The lowest BCUT2D eigenvalue weighted by molar-refractivity contribution is -0.179. The molecule has 1 aliphatic rings. The Morgan fingerprint density at radius 3 is 2.36 bits per heavy atom. The second-order valence-corrected chi connectivity index (χ2v) is 12.9. The van der Waals surface area contributed by atoms with Gasteiger partial charge in [-0.05, 0) is 78.7 Å². The lowest BCUT2D eigenvalue weighted by Gasteiger charge is -2.38. The summed E-state index contributed by atoms with van der Waals surface area (Å²) in [4.78, 5) is 35.7. The van der Waals surface area contributed by atoms with Crippen LogP contribution in [0.25, 0.3) is 22.3 Å². The quantitative estimate of drug-likeness (QED) is 0.196. The third-order valence-corrected chi connectivity index (χ3v) is 9.64. The van der Waals surface area contributed by atoms with Crippen molar-refractivity contribution in [3.05, 3.63) is 130 Å². The number of hydrogen-bond donors (Lipinski definition) is 1. The largest absolute Gasteiger partial charge is 0.508 e. The molecule has 0 saturated heterocycles. The molecule has 1 atom stereocenters. The highest BCUT2D eigenvalue weighted by Gasteiger charge is 2.48. The Hall–Kier alpha value is -5.55. The van der Waals surface area contributed by atoms with Crippen LogP contribution in [0.15, 0.2) is 97.3 Å². The molecule has 6 aromatic rings. The molecule has 12 heteroatoms. The van der Waals surface area contributed by atoms with E-state index in [2.05, 4.69) is 4.98 Å². The van der Waals surface area contributed by atoms with Crippen molar-refractivity contribution in [2.45, 2.75) is 32.1 Å². The van der Waals surface area contributed by atoms with E-state index in [9.17, 15) is 27.9 Å². The Morgan fingerprint density at radius 1 is 0.920 bits per heavy atom. The Balaban J connectivity index is 1.32. The van der Waals surface area contributed by atoms with Crippen LogP contribution in [0.1, 0.15) is 37.5 Å². The van der Waals surface area contributed by atoms with Crippen molar-refractivity contribution in [2.24, 2.45) is 14.1 Å². The highest BCUT2D eigenvalue weighted by atomic mass is 35.5. The van der Waals surface area contributed by atoms with Gasteiger partial charge in [0.25, 0.3) is 11.8 Å². The second kappa shape index (κ2) is 12.4. The monoisotopic (exact) mass is 697 g/mol. The van der Waals surface area contributed by atoms with Gasteiger partial charge in [0.2, 0.25) is 0 Å². The van der Waals surface area contributed by atoms with E-state index in [4.69, 9.17) is 11.6 Å². The molecule has 0 radical (unpaired) electrons. The van der Waals surface area contributed by atoms with Crippen LogP contribution in [0, 0.1) is 6.92 Å². The van der Waals surface area contributed by atoms with Gasteiger partial charge in [0.1, 0.15) is 17.4 Å². The molecule has 0 bridgehead atoms. The minimum absolute atomic E-state index is 0.0248. The number of aromatic hydroxyl groups is 1. The third-order valence-electron chi connectivity index (χ3n) is 9.40. The first-order valence-electron chi connectivity index (χ1n) is 15.8. The summed E-state index contributed by atoms with van der Waals surface area (Å²) < 4.78 is 46.9. The summed E-state index contributed by atoms with van der Waals surface area (Å²) in [5.74, 6) is -1.20. The van der Waals surface area contributed by atoms with Gasteiger partial charge in [0.05, 0.1) is 17.4 Å². The lowest BCUT2D eigenvalue weighted by Crippen LogP contribution is -2.52. The number of fused-ring (bicyclic) bond motifs is 2. The highest BCUT2D eigenvalue weighted by molar-refractivity contribution is 6.31. The van der Waals surface area contributed by atoms with Crippen LogP contribution in [-0.2, 0) is 27.1 Å². The summed E-state index contributed by atoms with van der Waals surface area (Å²) in [6.07, 6.45) is -1.56. The van der Waals surface area contributed by atoms with E-state index in [1.54, 1.807) is 67.2 Å². The number of alkyl halides is 3. The Bertz CT molecular complexity index is 2290. The third kappa shape index (κ3) is 5.77. The molecule has 0 aliphatic carbocycles. The predicted molar refractivity (Wildman–Crippen MR) is 186 cm³/mol. The Morgan fingerprint density at radius 2 is 1.64 bits per heavy atom. The van der Waals surface area contributed by atoms with Crippen LogP contribution < -0.4 is 4.90 Å². The van der Waals surface area contributed by atoms with E-state index >= 15 is 0 Å². The molecule has 3 aromatic heterocycles. The molecule has 2 amide bonds. The maximum atomic E-state index is 14.6. The maximum Gasteiger partial charge on any atom is 0.409 e. The molecule has 0 saturated carbocycles. The molecule has 7 rings (SSSR count). The number of benzene rings is 3. The fourth-order valence-electron chi connectivity index (χ4n) is 6.64. The van der Waals surface area contributed by atoms with Gasteiger partial charge in [-0.25, -0.2) is 4.98 Å². The van der Waals surface area contributed by atoms with Crippen molar-refractivity contribution in [2.75, 3.05) is 4.90 Å². The normalized spacial score (nSPS) is 14.5. The number of amides is 2. The zero-order valence-corrected chi connectivity index (χ0v) is 28.0. The van der Waals surface area contributed by atoms with Crippen molar-refractivity contribution in [3.8, 4) is 17.0 Å². The molecular formula is C38H31ClF3N5O3. The van der Waals surface area contributed by atoms with Crippen LogP contribution in [0.4, 0.5) is 24.5 Å². The minimum atomic E-state index is -4.66. The van der Waals surface area contributed by atoms with Gasteiger partial charge in [-0.2, -0.15) is 13.2 Å². The zero-order chi connectivity index (χ0) is 35.5. The van der Waals surface area contributed by atoms with Gasteiger partial charge in [0, 0.05) is 71.9 Å². The number of halogens is 4. The number of carbonyl (C=O) groups is 2. The zero-order valence-electron chi connectivity index (χ0n) is 27.2. The smallest absolute Gasteiger partial charge is 0.409 e. The Kier molecular flexibility index (Phi) is 8.18. The van der Waals surface area contributed by atoms with Gasteiger partial charge >= 0.3 is 6.18 Å². The van der Waals surface area contributed by atoms with Crippen LogP contribution in [0.2, 0.25) is 5.02 Å². The van der Waals surface area contributed by atoms with Gasteiger partial charge in [-0.15, -0.1) is 0 Å². The van der Waals surface area contributed by atoms with Crippen molar-refractivity contribution in [1.29, 1.82) is 0 Å². The van der Waals surface area contributed by atoms with E-state index in [1.165, 1.54) is 35.2 Å². The predicted octanol–water partition coefficient (Wildman–Crippen LogP) is 8.35. The molecule has 4 heterocycles. The number of phenolic OH excluding ortho intramolecular Hbond substituents is 1. The SMILES string of the molecule is Cc1c(C(=O)N(c2ccc(O)cc2)c2cnc3c(ccn3C)c2)cc(-c2cc(Cl)ccc2C(=O)N2Cc3ccccc3CC2C(F)(F)F)n1C. The van der Waals surface area contributed by atoms with E-state index in [0.717, 1.165) is 15.9 Å². The first kappa shape index (κ1) is 33.0. The molecule has 50 heavy (non-hydrogen) atoms. The van der Waals surface area contributed by atoms with Gasteiger partial charge in [-0.1, -0.05) is 35.9 Å². The first-order valence-corrected chi connectivity index (χ1v) is 16.1. The summed E-state index contributed by atoms with van der Waals surface area (Å²) in [7, 11) is 3.59. The molecule has 1 aliphatic heterocycles. The minimum Gasteiger partial charge on any atom is -0.508 e. The number of phenols is 1. The summed E-state index contributed by atoms with van der Waals surface area (Å²) in [6, 6.07) is 20.8. The van der Waals surface area contributed by atoms with Crippen molar-refractivity contribution >= 4 is 45.8 Å². The van der Waals surface area contributed by atoms with E-state index in [1.807, 2.05) is 29.9 Å². The number of aromatic nitrogens is 3. The fourth-order valence-corrected chi connectivity index (χ4v) is 6.82. The molecule has 1 unspecified atom stereocenters. The van der Waals surface area contributed by atoms with Gasteiger partial charge in [0.15, 0.2) is 0 Å². The first-order chi connectivity index (χ1) is 23.8. The number of hydrogen-bond acceptors (Lipinski definition) is 4. The fraction of sp³-hybridized carbons (Fsp3) is 0.184. The average Bonchev–Trinajstić information content (AvgIpc) is 3.61. The van der Waals surface area contributed by atoms with Crippen LogP contribution in [0.3, 0.4) is 0 Å². The standard InChI is InChI=1S/C38H31ClF3N5O3/c1-22-31(37(50)47(27-9-11-29(48)12-10-27)28-16-24-14-15-44(2)35(24)43-20-28)19-33(45(22)3)32-18-26(39)8-13-30(32)36(49)46-21-25-7-5-4-6-23(25)17-34(46)38(40,41)42/h4-16,18-20,34,48H,17,21H2,1-3H3. The van der Waals surface area contributed by atoms with E-state index in [-0.39, 0.29) is 40.4 Å². The van der Waals surface area contributed by atoms with E-state index in [0.29, 0.717) is 33.9 Å². The molecule has 3 aromatic carbocycles. The maximum absolute atomic E-state index is 14.6. The highest BCUT2D eigenvalue weighted by Crippen LogP contribution is 2.38. The summed E-state index contributed by atoms with van der Waals surface area (Å²) in [6.45, 7) is 1.54. The molecule has 0 fully saturated rings. The molecule has 1 N–H and O–H groups in total. The van der Waals surface area contributed by atoms with Crippen LogP contribution in [-0.4, -0.2) is 48.2 Å². The summed E-state index contributed by atoms with van der Waals surface area (Å²) in [5, 5.41) is 11.1. The van der Waals surface area contributed by atoms with Crippen LogP contribution >= 0.6 is 11.6 Å². The van der Waals surface area contributed by atoms with E-state index < -0.39 is 24.0 Å². The van der Waals surface area contributed by atoms with Crippen molar-refractivity contribution in [3.63, 3.8) is 0 Å². The number of anilines is 2. The lowest BCUT2D eigenvalue weighted by atomic mass is 9.92. The summed E-state index contributed by atoms with van der Waals surface area (Å²) in [5.41, 5.74) is 4.43. The second-order valence-electron chi connectivity index (χ2n) is 12.4. The number of nitrogens with zero attached hydrogens (tertiary/aromatic N) is 5. The molecular weight excluding hydrogens is 667 g/mol. The topological polar surface area (TPSA) is 83.6 Å². The number of rotatable bonds is 5. The summed E-state index contributed by atoms with van der Waals surface area (Å²) >= 11 is 6.44. The van der Waals surface area contributed by atoms with Gasteiger partial charge < -0.3 is 19.1 Å². The van der Waals surface area contributed by atoms with Crippen molar-refractivity contribution in [1.82, 2.24) is 19.0 Å². The van der Waals surface area contributed by atoms with Gasteiger partial charge in [-0.3, -0.25) is 14.5 Å². The van der Waals surface area contributed by atoms with Crippen molar-refractivity contribution < 1.29 is 27.9 Å². The molecule has 0 spiro atoms. The number of pyridine rings is 1. The molecule has 8 nitrogen and oxygen atoms in total. The molecule has 254 valence electrons. The number of aryl methyl sites for hydroxylation is 1. The average molecular weight is 698 g/mol. The number of carbonyl (C=O) groups excluding carboxylic acids is 2. The van der Waals surface area contributed by atoms with Crippen LogP contribution in [0.5, 0.6) is 5.75 Å².